The quantitative estimate of drug-likeness (QED) is 0.928. The number of hydrogen-bond acceptors (Lipinski definition) is 5. The van der Waals surface area contributed by atoms with Crippen molar-refractivity contribution in [2.75, 3.05) is 6.54 Å². The molecular weight excluding hydrogens is 300 g/mol. The van der Waals surface area contributed by atoms with E-state index in [0.717, 1.165) is 12.8 Å². The van der Waals surface area contributed by atoms with Crippen LogP contribution in [0.2, 0.25) is 0 Å². The largest absolute Gasteiger partial charge is 0.480 e. The smallest absolute Gasteiger partial charge is 0.326 e. The molecule has 3 heterocycles. The Morgan fingerprint density at radius 3 is 2.96 bits per heavy atom. The van der Waals surface area contributed by atoms with Crippen molar-refractivity contribution in [1.82, 2.24) is 9.88 Å². The van der Waals surface area contributed by atoms with Gasteiger partial charge in [0.2, 0.25) is 5.91 Å². The second-order valence-corrected chi connectivity index (χ2v) is 5.61. The summed E-state index contributed by atoms with van der Waals surface area (Å²) in [5.41, 5.74) is 0.510. The van der Waals surface area contributed by atoms with Crippen molar-refractivity contribution in [2.24, 2.45) is 0 Å². The molecule has 0 radical (unpaired) electrons. The molecule has 0 bridgehead atoms. The number of amides is 1. The number of aliphatic carboxylic acids is 1. The Morgan fingerprint density at radius 2 is 2.26 bits per heavy atom. The number of furan rings is 1. The summed E-state index contributed by atoms with van der Waals surface area (Å²) in [6, 6.07) is 2.71. The van der Waals surface area contributed by atoms with Gasteiger partial charge in [-0.25, -0.2) is 9.78 Å². The lowest BCUT2D eigenvalue weighted by Crippen LogP contribution is -2.48. The van der Waals surface area contributed by atoms with Crippen LogP contribution in [0, 0.1) is 6.92 Å². The Bertz CT molecular complexity index is 704. The Kier molecular flexibility index (Phi) is 4.18. The van der Waals surface area contributed by atoms with Crippen molar-refractivity contribution in [2.45, 2.75) is 38.6 Å². The molecule has 3 rings (SSSR count). The zero-order valence-electron chi connectivity index (χ0n) is 12.8. The Hall–Kier alpha value is -2.57. The molecule has 7 heteroatoms. The standard InChI is InChI=1S/C16H18N2O5/c1-10-11(17-15(23-10)13-6-4-8-22-13)9-14(19)18-7-3-2-5-12(18)16(20)21/h4,6,8,12H,2-3,5,7,9H2,1H3,(H,20,21)/t12-/m1/s1. The summed E-state index contributed by atoms with van der Waals surface area (Å²) in [6.45, 7) is 2.20. The number of carboxylic acid groups (broad SMARTS) is 1. The highest BCUT2D eigenvalue weighted by Crippen LogP contribution is 2.24. The van der Waals surface area contributed by atoms with Crippen molar-refractivity contribution in [3.63, 3.8) is 0 Å². The predicted molar refractivity (Wildman–Crippen MR) is 79.6 cm³/mol. The fourth-order valence-corrected chi connectivity index (χ4v) is 2.83. The summed E-state index contributed by atoms with van der Waals surface area (Å²) in [4.78, 5) is 29.5. The van der Waals surface area contributed by atoms with Gasteiger partial charge in [-0.3, -0.25) is 4.79 Å². The molecule has 1 aliphatic rings. The zero-order chi connectivity index (χ0) is 16.4. The van der Waals surface area contributed by atoms with Crippen LogP contribution in [-0.2, 0) is 16.0 Å². The summed E-state index contributed by atoms with van der Waals surface area (Å²) in [5.74, 6) is 0.163. The summed E-state index contributed by atoms with van der Waals surface area (Å²) >= 11 is 0. The third-order valence-corrected chi connectivity index (χ3v) is 4.05. The minimum Gasteiger partial charge on any atom is -0.480 e. The number of carbonyl (C=O) groups is 2. The maximum atomic E-state index is 12.5. The maximum Gasteiger partial charge on any atom is 0.326 e. The lowest BCUT2D eigenvalue weighted by molar-refractivity contribution is -0.151. The molecule has 1 saturated heterocycles. The lowest BCUT2D eigenvalue weighted by atomic mass is 10.0. The van der Waals surface area contributed by atoms with Crippen molar-refractivity contribution in [1.29, 1.82) is 0 Å². The molecule has 2 aromatic rings. The SMILES string of the molecule is Cc1oc(-c2ccco2)nc1CC(=O)N1CCCC[C@@H]1C(=O)O. The van der Waals surface area contributed by atoms with Crippen LogP contribution in [0.5, 0.6) is 0 Å². The molecule has 0 aliphatic carbocycles. The van der Waals surface area contributed by atoms with E-state index < -0.39 is 12.0 Å². The number of aryl methyl sites for hydroxylation is 1. The van der Waals surface area contributed by atoms with E-state index in [-0.39, 0.29) is 12.3 Å². The van der Waals surface area contributed by atoms with Crippen LogP contribution in [0.15, 0.2) is 27.2 Å². The highest BCUT2D eigenvalue weighted by Gasteiger charge is 2.32. The van der Waals surface area contributed by atoms with E-state index in [1.807, 2.05) is 0 Å². The van der Waals surface area contributed by atoms with E-state index in [9.17, 15) is 14.7 Å². The summed E-state index contributed by atoms with van der Waals surface area (Å²) in [6.07, 6.45) is 3.69. The van der Waals surface area contributed by atoms with Crippen LogP contribution in [0.1, 0.15) is 30.7 Å². The fraction of sp³-hybridized carbons (Fsp3) is 0.438. The van der Waals surface area contributed by atoms with E-state index in [1.165, 1.54) is 11.2 Å². The Labute approximate surface area is 132 Å². The van der Waals surface area contributed by atoms with Crippen molar-refractivity contribution < 1.29 is 23.5 Å². The number of likely N-dealkylation sites (tertiary alicyclic amines) is 1. The first-order valence-corrected chi connectivity index (χ1v) is 7.58. The number of carbonyl (C=O) groups excluding carboxylic acids is 1. The number of nitrogens with zero attached hydrogens (tertiary/aromatic N) is 2. The van der Waals surface area contributed by atoms with Crippen LogP contribution >= 0.6 is 0 Å². The highest BCUT2D eigenvalue weighted by atomic mass is 16.4. The van der Waals surface area contributed by atoms with E-state index in [0.29, 0.717) is 36.1 Å². The summed E-state index contributed by atoms with van der Waals surface area (Å²) in [7, 11) is 0. The highest BCUT2D eigenvalue weighted by molar-refractivity contribution is 5.85. The van der Waals surface area contributed by atoms with Gasteiger partial charge in [0.05, 0.1) is 18.4 Å². The van der Waals surface area contributed by atoms with Gasteiger partial charge in [0.1, 0.15) is 11.8 Å². The normalized spacial score (nSPS) is 18.1. The van der Waals surface area contributed by atoms with Gasteiger partial charge in [-0.05, 0) is 38.3 Å². The first-order chi connectivity index (χ1) is 11.1. The monoisotopic (exact) mass is 318 g/mol. The number of hydrogen-bond donors (Lipinski definition) is 1. The second-order valence-electron chi connectivity index (χ2n) is 5.61. The van der Waals surface area contributed by atoms with E-state index >= 15 is 0 Å². The minimum absolute atomic E-state index is 0.0276. The number of carboxylic acids is 1. The molecule has 1 fully saturated rings. The number of piperidine rings is 1. The average Bonchev–Trinajstić information content (AvgIpc) is 3.17. The molecule has 0 saturated carbocycles. The molecule has 7 nitrogen and oxygen atoms in total. The third-order valence-electron chi connectivity index (χ3n) is 4.05. The fourth-order valence-electron chi connectivity index (χ4n) is 2.83. The van der Waals surface area contributed by atoms with Crippen molar-refractivity contribution in [3.05, 3.63) is 29.9 Å². The predicted octanol–water partition coefficient (Wildman–Crippen LogP) is 2.25. The molecule has 2 aromatic heterocycles. The Balaban J connectivity index is 1.76. The first kappa shape index (κ1) is 15.3. The molecule has 1 amide bonds. The van der Waals surface area contributed by atoms with Gasteiger partial charge < -0.3 is 18.8 Å². The first-order valence-electron chi connectivity index (χ1n) is 7.58. The molecule has 1 aliphatic heterocycles. The maximum absolute atomic E-state index is 12.5. The van der Waals surface area contributed by atoms with Gasteiger partial charge in [0.15, 0.2) is 5.76 Å². The summed E-state index contributed by atoms with van der Waals surface area (Å²) < 4.78 is 10.8. The average molecular weight is 318 g/mol. The van der Waals surface area contributed by atoms with Gasteiger partial charge in [-0.1, -0.05) is 0 Å². The van der Waals surface area contributed by atoms with Crippen LogP contribution < -0.4 is 0 Å². The molecule has 23 heavy (non-hydrogen) atoms. The topological polar surface area (TPSA) is 96.8 Å². The van der Waals surface area contributed by atoms with Crippen LogP contribution in [0.4, 0.5) is 0 Å². The number of oxazole rings is 1. The van der Waals surface area contributed by atoms with E-state index in [4.69, 9.17) is 8.83 Å². The molecular formula is C16H18N2O5. The number of rotatable bonds is 4. The van der Waals surface area contributed by atoms with Crippen molar-refractivity contribution >= 4 is 11.9 Å². The van der Waals surface area contributed by atoms with Gasteiger partial charge in [-0.15, -0.1) is 0 Å². The van der Waals surface area contributed by atoms with Crippen LogP contribution in [-0.4, -0.2) is 39.5 Å². The van der Waals surface area contributed by atoms with Gasteiger partial charge >= 0.3 is 5.97 Å². The Morgan fingerprint density at radius 1 is 1.43 bits per heavy atom. The van der Waals surface area contributed by atoms with Crippen LogP contribution in [0.25, 0.3) is 11.7 Å². The number of aromatic nitrogens is 1. The molecule has 0 unspecified atom stereocenters. The third kappa shape index (κ3) is 3.13. The van der Waals surface area contributed by atoms with E-state index in [1.54, 1.807) is 19.1 Å². The lowest BCUT2D eigenvalue weighted by Gasteiger charge is -2.32. The van der Waals surface area contributed by atoms with Crippen molar-refractivity contribution in [3.8, 4) is 11.7 Å². The molecule has 0 aromatic carbocycles. The minimum atomic E-state index is -0.953. The zero-order valence-corrected chi connectivity index (χ0v) is 12.8. The van der Waals surface area contributed by atoms with Gasteiger partial charge in [0.25, 0.3) is 5.89 Å². The summed E-state index contributed by atoms with van der Waals surface area (Å²) in [5, 5.41) is 9.27. The molecule has 1 atom stereocenters. The molecule has 1 N–H and O–H groups in total. The molecule has 0 spiro atoms. The van der Waals surface area contributed by atoms with E-state index in [2.05, 4.69) is 4.98 Å². The second kappa shape index (κ2) is 6.28. The van der Waals surface area contributed by atoms with Gasteiger partial charge in [0, 0.05) is 6.54 Å². The van der Waals surface area contributed by atoms with Crippen LogP contribution in [0.3, 0.4) is 0 Å². The van der Waals surface area contributed by atoms with Gasteiger partial charge in [-0.2, -0.15) is 0 Å². The molecule has 122 valence electrons.